The van der Waals surface area contributed by atoms with Crippen molar-refractivity contribution in [3.8, 4) is 0 Å². The molecular weight excluding hydrogens is 308 g/mol. The van der Waals surface area contributed by atoms with Gasteiger partial charge < -0.3 is 20.3 Å². The van der Waals surface area contributed by atoms with Crippen molar-refractivity contribution in [3.63, 3.8) is 0 Å². The van der Waals surface area contributed by atoms with E-state index >= 15 is 0 Å². The summed E-state index contributed by atoms with van der Waals surface area (Å²) in [5.41, 5.74) is 0. The highest BCUT2D eigenvalue weighted by atomic mass is 32.2. The number of guanidine groups is 1. The molecule has 1 rings (SSSR count). The predicted octanol–water partition coefficient (Wildman–Crippen LogP) is 1.91. The number of thioether (sulfide) groups is 1. The summed E-state index contributed by atoms with van der Waals surface area (Å²) in [7, 11) is 3.82. The second-order valence-corrected chi connectivity index (χ2v) is 6.31. The van der Waals surface area contributed by atoms with Gasteiger partial charge in [0.05, 0.1) is 13.2 Å². The molecule has 0 heterocycles. The fourth-order valence-electron chi connectivity index (χ4n) is 1.89. The number of rotatable bonds is 11. The number of benzene rings is 1. The largest absolute Gasteiger partial charge is 0.383 e. The highest BCUT2D eigenvalue weighted by Crippen LogP contribution is 2.15. The third-order valence-electron chi connectivity index (χ3n) is 3.18. The molecule has 6 heteroatoms. The molecule has 0 unspecified atom stereocenters. The molecule has 5 nitrogen and oxygen atoms in total. The minimum atomic E-state index is 0.759. The van der Waals surface area contributed by atoms with Crippen molar-refractivity contribution in [1.29, 1.82) is 0 Å². The van der Waals surface area contributed by atoms with E-state index in [4.69, 9.17) is 4.74 Å². The van der Waals surface area contributed by atoms with Crippen LogP contribution in [0.5, 0.6) is 0 Å². The Balaban J connectivity index is 2.23. The van der Waals surface area contributed by atoms with E-state index in [9.17, 15) is 0 Å². The van der Waals surface area contributed by atoms with Crippen molar-refractivity contribution >= 4 is 17.7 Å². The molecule has 23 heavy (non-hydrogen) atoms. The molecule has 0 aliphatic heterocycles. The average molecular weight is 339 g/mol. The zero-order chi connectivity index (χ0) is 16.8. The molecule has 0 bridgehead atoms. The van der Waals surface area contributed by atoms with Crippen LogP contribution in [0.15, 0.2) is 40.2 Å². The Morgan fingerprint density at radius 1 is 1.22 bits per heavy atom. The molecule has 0 radical (unpaired) electrons. The van der Waals surface area contributed by atoms with Gasteiger partial charge in [0.2, 0.25) is 0 Å². The predicted molar refractivity (Wildman–Crippen MR) is 101 cm³/mol. The topological polar surface area (TPSA) is 48.9 Å². The summed E-state index contributed by atoms with van der Waals surface area (Å²) in [5, 5.41) is 6.67. The van der Waals surface area contributed by atoms with Crippen molar-refractivity contribution in [1.82, 2.24) is 15.5 Å². The Morgan fingerprint density at radius 3 is 2.70 bits per heavy atom. The number of nitrogens with one attached hydrogen (secondary N) is 2. The molecule has 1 aromatic carbocycles. The molecule has 0 saturated carbocycles. The van der Waals surface area contributed by atoms with Gasteiger partial charge in [-0.25, -0.2) is 0 Å². The molecule has 130 valence electrons. The van der Waals surface area contributed by atoms with Gasteiger partial charge in [0.1, 0.15) is 0 Å². The fourth-order valence-corrected chi connectivity index (χ4v) is 2.68. The standard InChI is InChI=1S/C17H30N4OS/c1-4-18-17(19-10-12-21(2)13-14-22-3)20-11-15-23-16-8-6-5-7-9-16/h5-9H,4,10-15H2,1-3H3,(H2,18,19,20). The van der Waals surface area contributed by atoms with Gasteiger partial charge in [-0.2, -0.15) is 0 Å². The smallest absolute Gasteiger partial charge is 0.191 e. The first-order chi connectivity index (χ1) is 11.3. The van der Waals surface area contributed by atoms with Gasteiger partial charge in [-0.1, -0.05) is 18.2 Å². The van der Waals surface area contributed by atoms with Crippen LogP contribution in [0.3, 0.4) is 0 Å². The molecule has 2 N–H and O–H groups in total. The van der Waals surface area contributed by atoms with Gasteiger partial charge in [-0.3, -0.25) is 4.99 Å². The first-order valence-corrected chi connectivity index (χ1v) is 9.12. The van der Waals surface area contributed by atoms with Gasteiger partial charge in [-0.15, -0.1) is 11.8 Å². The highest BCUT2D eigenvalue weighted by molar-refractivity contribution is 7.99. The van der Waals surface area contributed by atoms with E-state index in [0.717, 1.165) is 51.0 Å². The fraction of sp³-hybridized carbons (Fsp3) is 0.588. The monoisotopic (exact) mass is 338 g/mol. The Labute approximate surface area is 144 Å². The molecule has 0 aliphatic carbocycles. The summed E-state index contributed by atoms with van der Waals surface area (Å²) < 4.78 is 5.08. The van der Waals surface area contributed by atoms with Crippen LogP contribution in [-0.2, 0) is 4.74 Å². The minimum absolute atomic E-state index is 0.759. The normalized spacial score (nSPS) is 11.7. The molecule has 0 spiro atoms. The molecule has 1 aromatic rings. The Bertz CT molecular complexity index is 428. The Kier molecular flexibility index (Phi) is 11.4. The second-order valence-electron chi connectivity index (χ2n) is 5.15. The summed E-state index contributed by atoms with van der Waals surface area (Å²) in [6.07, 6.45) is 0. The van der Waals surface area contributed by atoms with Gasteiger partial charge >= 0.3 is 0 Å². The van der Waals surface area contributed by atoms with E-state index < -0.39 is 0 Å². The van der Waals surface area contributed by atoms with Crippen LogP contribution in [0, 0.1) is 0 Å². The number of ether oxygens (including phenoxy) is 1. The Hall–Kier alpha value is -1.24. The van der Waals surface area contributed by atoms with E-state index in [1.165, 1.54) is 4.90 Å². The summed E-state index contributed by atoms with van der Waals surface area (Å²) in [6, 6.07) is 10.5. The third-order valence-corrected chi connectivity index (χ3v) is 4.19. The van der Waals surface area contributed by atoms with E-state index in [0.29, 0.717) is 0 Å². The van der Waals surface area contributed by atoms with Crippen LogP contribution in [0.4, 0.5) is 0 Å². The summed E-state index contributed by atoms with van der Waals surface area (Å²) >= 11 is 1.85. The van der Waals surface area contributed by atoms with E-state index in [1.54, 1.807) is 7.11 Å². The number of likely N-dealkylation sites (N-methyl/N-ethyl adjacent to an activating group) is 1. The lowest BCUT2D eigenvalue weighted by Crippen LogP contribution is -2.39. The van der Waals surface area contributed by atoms with E-state index in [1.807, 2.05) is 17.8 Å². The molecule has 0 amide bonds. The lowest BCUT2D eigenvalue weighted by molar-refractivity contribution is 0.163. The summed E-state index contributed by atoms with van der Waals surface area (Å²) in [6.45, 7) is 7.25. The zero-order valence-electron chi connectivity index (χ0n) is 14.5. The quantitative estimate of drug-likeness (QED) is 0.279. The SMILES string of the molecule is CCNC(=NCCN(C)CCOC)NCCSc1ccccc1. The van der Waals surface area contributed by atoms with E-state index in [2.05, 4.69) is 58.8 Å². The van der Waals surface area contributed by atoms with Crippen LogP contribution >= 0.6 is 11.8 Å². The second kappa shape index (κ2) is 13.2. The zero-order valence-corrected chi connectivity index (χ0v) is 15.4. The van der Waals surface area contributed by atoms with Gasteiger partial charge in [-0.05, 0) is 26.1 Å². The molecule has 0 saturated heterocycles. The van der Waals surface area contributed by atoms with Crippen LogP contribution in [-0.4, -0.2) is 70.1 Å². The average Bonchev–Trinajstić information content (AvgIpc) is 2.57. The maximum absolute atomic E-state index is 5.08. The maximum atomic E-state index is 5.08. The summed E-state index contributed by atoms with van der Waals surface area (Å²) in [5.74, 6) is 1.91. The molecule has 0 fully saturated rings. The Morgan fingerprint density at radius 2 is 2.00 bits per heavy atom. The van der Waals surface area contributed by atoms with Crippen molar-refractivity contribution in [2.75, 3.05) is 59.2 Å². The third kappa shape index (κ3) is 10.2. The lowest BCUT2D eigenvalue weighted by Gasteiger charge is -2.15. The first kappa shape index (κ1) is 19.8. The van der Waals surface area contributed by atoms with Crippen molar-refractivity contribution < 1.29 is 4.74 Å². The van der Waals surface area contributed by atoms with Gasteiger partial charge in [0, 0.05) is 43.9 Å². The van der Waals surface area contributed by atoms with Gasteiger partial charge in [0.15, 0.2) is 5.96 Å². The maximum Gasteiger partial charge on any atom is 0.191 e. The summed E-state index contributed by atoms with van der Waals surface area (Å²) in [4.78, 5) is 8.13. The lowest BCUT2D eigenvalue weighted by atomic mass is 10.4. The van der Waals surface area contributed by atoms with Crippen LogP contribution in [0.2, 0.25) is 0 Å². The van der Waals surface area contributed by atoms with Crippen LogP contribution in [0.1, 0.15) is 6.92 Å². The van der Waals surface area contributed by atoms with Crippen LogP contribution < -0.4 is 10.6 Å². The van der Waals surface area contributed by atoms with Crippen molar-refractivity contribution in [2.24, 2.45) is 4.99 Å². The molecular formula is C17H30N4OS. The first-order valence-electron chi connectivity index (χ1n) is 8.13. The number of nitrogens with zero attached hydrogens (tertiary/aromatic N) is 2. The molecule has 0 aromatic heterocycles. The highest BCUT2D eigenvalue weighted by Gasteiger charge is 1.99. The van der Waals surface area contributed by atoms with Crippen molar-refractivity contribution in [2.45, 2.75) is 11.8 Å². The van der Waals surface area contributed by atoms with Crippen LogP contribution in [0.25, 0.3) is 0 Å². The van der Waals surface area contributed by atoms with Crippen molar-refractivity contribution in [3.05, 3.63) is 30.3 Å². The van der Waals surface area contributed by atoms with Gasteiger partial charge in [0.25, 0.3) is 0 Å². The number of hydrogen-bond donors (Lipinski definition) is 2. The van der Waals surface area contributed by atoms with E-state index in [-0.39, 0.29) is 0 Å². The number of aliphatic imine (C=N–C) groups is 1. The minimum Gasteiger partial charge on any atom is -0.383 e. The molecule has 0 aliphatic rings. The number of methoxy groups -OCH3 is 1. The molecule has 0 atom stereocenters. The number of hydrogen-bond acceptors (Lipinski definition) is 4.